The number of nitrogen functional groups attached to an aromatic ring is 1. The summed E-state index contributed by atoms with van der Waals surface area (Å²) in [7, 11) is 1.42. The molecule has 1 aliphatic rings. The zero-order chi connectivity index (χ0) is 16.0. The summed E-state index contributed by atoms with van der Waals surface area (Å²) in [6, 6.07) is 0. The summed E-state index contributed by atoms with van der Waals surface area (Å²) < 4.78 is 12.0. The van der Waals surface area contributed by atoms with E-state index in [0.29, 0.717) is 11.0 Å². The van der Waals surface area contributed by atoms with E-state index in [1.807, 2.05) is 0 Å². The Morgan fingerprint density at radius 3 is 2.73 bits per heavy atom. The minimum Gasteiger partial charge on any atom is -0.480 e. The van der Waals surface area contributed by atoms with Crippen LogP contribution >= 0.6 is 11.6 Å². The Balaban J connectivity index is 2.14. The van der Waals surface area contributed by atoms with Crippen LogP contribution in [0.1, 0.15) is 6.23 Å². The van der Waals surface area contributed by atoms with E-state index in [1.165, 1.54) is 17.9 Å². The minimum absolute atomic E-state index is 0.0351. The van der Waals surface area contributed by atoms with Crippen LogP contribution in [0.3, 0.4) is 0 Å². The van der Waals surface area contributed by atoms with Crippen molar-refractivity contribution in [2.45, 2.75) is 24.5 Å². The number of halogens is 1. The Bertz CT molecular complexity index is 708. The zero-order valence-electron chi connectivity index (χ0n) is 11.5. The first-order valence-corrected chi connectivity index (χ1v) is 6.85. The molecule has 1 fully saturated rings. The van der Waals surface area contributed by atoms with E-state index in [9.17, 15) is 10.2 Å². The highest BCUT2D eigenvalue weighted by Gasteiger charge is 2.44. The number of aromatic nitrogens is 3. The van der Waals surface area contributed by atoms with Gasteiger partial charge in [-0.3, -0.25) is 0 Å². The SMILES string of the molecule is COc1nc(N)nc2c1c(Cl)cn2[C@@H]1O[C@H](CO)[C@@H](O)[C@H]1O. The number of methoxy groups -OCH3 is 1. The number of hydrogen-bond acceptors (Lipinski definition) is 8. The van der Waals surface area contributed by atoms with Crippen molar-refractivity contribution in [2.24, 2.45) is 0 Å². The molecule has 22 heavy (non-hydrogen) atoms. The third kappa shape index (κ3) is 2.18. The van der Waals surface area contributed by atoms with Gasteiger partial charge < -0.3 is 35.1 Å². The normalized spacial score (nSPS) is 28.4. The maximum Gasteiger partial charge on any atom is 0.229 e. The van der Waals surface area contributed by atoms with Gasteiger partial charge in [-0.2, -0.15) is 9.97 Å². The van der Waals surface area contributed by atoms with Crippen LogP contribution in [0.4, 0.5) is 5.95 Å². The van der Waals surface area contributed by atoms with Crippen molar-refractivity contribution < 1.29 is 24.8 Å². The molecule has 0 aliphatic carbocycles. The van der Waals surface area contributed by atoms with Crippen LogP contribution in [0, 0.1) is 0 Å². The second-order valence-corrected chi connectivity index (χ2v) is 5.31. The van der Waals surface area contributed by atoms with E-state index < -0.39 is 31.1 Å². The number of aliphatic hydroxyl groups is 3. The van der Waals surface area contributed by atoms with E-state index in [2.05, 4.69) is 9.97 Å². The molecule has 1 saturated heterocycles. The second-order valence-electron chi connectivity index (χ2n) is 4.90. The van der Waals surface area contributed by atoms with Gasteiger partial charge in [-0.15, -0.1) is 0 Å². The molecular formula is C12H15ClN4O5. The highest BCUT2D eigenvalue weighted by Crippen LogP contribution is 2.37. The average molecular weight is 331 g/mol. The molecule has 3 rings (SSSR count). The van der Waals surface area contributed by atoms with Crippen molar-refractivity contribution in [2.75, 3.05) is 19.5 Å². The molecule has 0 amide bonds. The summed E-state index contributed by atoms with van der Waals surface area (Å²) in [4.78, 5) is 8.03. The summed E-state index contributed by atoms with van der Waals surface area (Å²) in [5.41, 5.74) is 5.94. The molecule has 120 valence electrons. The van der Waals surface area contributed by atoms with Crippen LogP contribution < -0.4 is 10.5 Å². The molecule has 0 saturated carbocycles. The first-order chi connectivity index (χ1) is 10.5. The Labute approximate surface area is 129 Å². The third-order valence-electron chi connectivity index (χ3n) is 3.59. The van der Waals surface area contributed by atoms with Gasteiger partial charge in [-0.25, -0.2) is 0 Å². The lowest BCUT2D eigenvalue weighted by molar-refractivity contribution is -0.0508. The number of hydrogen-bond donors (Lipinski definition) is 4. The Morgan fingerprint density at radius 2 is 2.14 bits per heavy atom. The van der Waals surface area contributed by atoms with E-state index in [-0.39, 0.29) is 16.9 Å². The molecule has 9 nitrogen and oxygen atoms in total. The molecule has 0 spiro atoms. The number of anilines is 1. The summed E-state index contributed by atoms with van der Waals surface area (Å²) in [6.07, 6.45) is -2.89. The van der Waals surface area contributed by atoms with Gasteiger partial charge in [0.1, 0.15) is 18.3 Å². The molecule has 1 aliphatic heterocycles. The van der Waals surface area contributed by atoms with Gasteiger partial charge in [-0.1, -0.05) is 11.6 Å². The maximum absolute atomic E-state index is 10.1. The maximum atomic E-state index is 10.1. The van der Waals surface area contributed by atoms with Crippen LogP contribution in [0.2, 0.25) is 5.02 Å². The van der Waals surface area contributed by atoms with Crippen molar-refractivity contribution in [3.05, 3.63) is 11.2 Å². The lowest BCUT2D eigenvalue weighted by Crippen LogP contribution is -2.33. The molecule has 0 radical (unpaired) electrons. The molecule has 0 bridgehead atoms. The summed E-state index contributed by atoms with van der Waals surface area (Å²) >= 11 is 6.18. The van der Waals surface area contributed by atoms with Crippen molar-refractivity contribution in [1.29, 1.82) is 0 Å². The molecular weight excluding hydrogens is 316 g/mol. The van der Waals surface area contributed by atoms with E-state index >= 15 is 0 Å². The number of nitrogens with two attached hydrogens (primary N) is 1. The monoisotopic (exact) mass is 330 g/mol. The molecule has 5 N–H and O–H groups in total. The Kier molecular flexibility index (Phi) is 3.83. The van der Waals surface area contributed by atoms with E-state index in [0.717, 1.165) is 0 Å². The average Bonchev–Trinajstić information content (AvgIpc) is 2.97. The van der Waals surface area contributed by atoms with Crippen LogP contribution in [0.5, 0.6) is 5.88 Å². The number of rotatable bonds is 3. The summed E-state index contributed by atoms with van der Waals surface area (Å²) in [5.74, 6) is 0.158. The van der Waals surface area contributed by atoms with Gasteiger partial charge in [-0.05, 0) is 0 Å². The molecule has 4 atom stereocenters. The number of nitrogens with zero attached hydrogens (tertiary/aromatic N) is 3. The molecule has 2 aromatic heterocycles. The molecule has 3 heterocycles. The second kappa shape index (κ2) is 5.52. The van der Waals surface area contributed by atoms with Gasteiger partial charge in [0.2, 0.25) is 11.8 Å². The predicted molar refractivity (Wildman–Crippen MR) is 76.5 cm³/mol. The van der Waals surface area contributed by atoms with Crippen molar-refractivity contribution in [3.63, 3.8) is 0 Å². The topological polar surface area (TPSA) is 136 Å². The van der Waals surface area contributed by atoms with Gasteiger partial charge in [0, 0.05) is 6.20 Å². The lowest BCUT2D eigenvalue weighted by Gasteiger charge is -2.17. The first kappa shape index (κ1) is 15.3. The van der Waals surface area contributed by atoms with Crippen LogP contribution in [0.25, 0.3) is 11.0 Å². The minimum atomic E-state index is -1.26. The van der Waals surface area contributed by atoms with E-state index in [1.54, 1.807) is 0 Å². The number of aliphatic hydroxyl groups excluding tert-OH is 3. The fourth-order valence-corrected chi connectivity index (χ4v) is 2.81. The lowest BCUT2D eigenvalue weighted by atomic mass is 10.1. The van der Waals surface area contributed by atoms with E-state index in [4.69, 9.17) is 31.9 Å². The van der Waals surface area contributed by atoms with Crippen molar-refractivity contribution in [3.8, 4) is 5.88 Å². The largest absolute Gasteiger partial charge is 0.480 e. The highest BCUT2D eigenvalue weighted by atomic mass is 35.5. The molecule has 0 unspecified atom stereocenters. The quantitative estimate of drug-likeness (QED) is 0.579. The van der Waals surface area contributed by atoms with Crippen molar-refractivity contribution >= 4 is 28.6 Å². The van der Waals surface area contributed by atoms with Gasteiger partial charge >= 0.3 is 0 Å². The standard InChI is InChI=1S/C12H15ClN4O5/c1-21-10-6-4(13)2-17(9(6)15-12(14)16-10)11-8(20)7(19)5(3-18)22-11/h2,5,7-8,11,18-20H,3H2,1H3,(H2,14,15,16)/t5-,7-,8-,11-/m1/s1. The van der Waals surface area contributed by atoms with Crippen LogP contribution in [-0.2, 0) is 4.74 Å². The fraction of sp³-hybridized carbons (Fsp3) is 0.500. The number of fused-ring (bicyclic) bond motifs is 1. The first-order valence-electron chi connectivity index (χ1n) is 6.48. The Hall–Kier alpha value is -1.65. The van der Waals surface area contributed by atoms with Crippen LogP contribution in [-0.4, -0.2) is 61.9 Å². The highest BCUT2D eigenvalue weighted by molar-refractivity contribution is 6.36. The molecule has 2 aromatic rings. The predicted octanol–water partition coefficient (Wildman–Crippen LogP) is -0.713. The van der Waals surface area contributed by atoms with Crippen molar-refractivity contribution in [1.82, 2.24) is 14.5 Å². The van der Waals surface area contributed by atoms with Gasteiger partial charge in [0.05, 0.1) is 24.1 Å². The van der Waals surface area contributed by atoms with Gasteiger partial charge in [0.15, 0.2) is 11.9 Å². The summed E-state index contributed by atoms with van der Waals surface area (Å²) in [5, 5.41) is 29.8. The zero-order valence-corrected chi connectivity index (χ0v) is 12.3. The fourth-order valence-electron chi connectivity index (χ4n) is 2.54. The smallest absolute Gasteiger partial charge is 0.229 e. The molecule has 0 aromatic carbocycles. The third-order valence-corrected chi connectivity index (χ3v) is 3.88. The Morgan fingerprint density at radius 1 is 1.41 bits per heavy atom. The van der Waals surface area contributed by atoms with Crippen LogP contribution in [0.15, 0.2) is 6.20 Å². The summed E-state index contributed by atoms with van der Waals surface area (Å²) in [6.45, 7) is -0.428. The number of ether oxygens (including phenoxy) is 2. The van der Waals surface area contributed by atoms with Gasteiger partial charge in [0.25, 0.3) is 0 Å². The molecule has 10 heteroatoms.